The molecule has 5 nitrogen and oxygen atoms in total. The van der Waals surface area contributed by atoms with Gasteiger partial charge in [-0.2, -0.15) is 5.10 Å². The lowest BCUT2D eigenvalue weighted by Gasteiger charge is -2.12. The lowest BCUT2D eigenvalue weighted by atomic mass is 10.1. The molecule has 0 bridgehead atoms. The van der Waals surface area contributed by atoms with Crippen LogP contribution in [0.3, 0.4) is 0 Å². The van der Waals surface area contributed by atoms with Gasteiger partial charge in [0.15, 0.2) is 0 Å². The fourth-order valence-corrected chi connectivity index (χ4v) is 4.12. The molecule has 1 aromatic rings. The fraction of sp³-hybridized carbons (Fsp3) is 0.769. The molecule has 1 aliphatic carbocycles. The van der Waals surface area contributed by atoms with Gasteiger partial charge in [0.1, 0.15) is 4.90 Å². The zero-order chi connectivity index (χ0) is 14.0. The molecule has 0 amide bonds. The summed E-state index contributed by atoms with van der Waals surface area (Å²) in [4.78, 5) is 0.260. The molecular weight excluding hydrogens is 262 g/mol. The van der Waals surface area contributed by atoms with Gasteiger partial charge >= 0.3 is 0 Å². The van der Waals surface area contributed by atoms with Gasteiger partial charge in [-0.05, 0) is 31.6 Å². The van der Waals surface area contributed by atoms with E-state index in [0.29, 0.717) is 24.5 Å². The second-order valence-corrected chi connectivity index (χ2v) is 6.81. The zero-order valence-corrected chi connectivity index (χ0v) is 12.5. The van der Waals surface area contributed by atoms with Crippen molar-refractivity contribution in [1.29, 1.82) is 0 Å². The van der Waals surface area contributed by atoms with Crippen molar-refractivity contribution in [2.75, 3.05) is 0 Å². The van der Waals surface area contributed by atoms with Crippen molar-refractivity contribution in [3.8, 4) is 0 Å². The maximum Gasteiger partial charge on any atom is 0.241 e. The number of hydrogen-bond acceptors (Lipinski definition) is 3. The predicted octanol–water partition coefficient (Wildman–Crippen LogP) is 1.85. The van der Waals surface area contributed by atoms with E-state index < -0.39 is 10.0 Å². The van der Waals surface area contributed by atoms with Crippen LogP contribution in [0.1, 0.15) is 50.9 Å². The molecule has 0 aromatic carbocycles. The Kier molecular flexibility index (Phi) is 4.30. The van der Waals surface area contributed by atoms with Crippen LogP contribution in [0.4, 0.5) is 0 Å². The number of primary sulfonamides is 1. The molecule has 108 valence electrons. The molecule has 0 spiro atoms. The Labute approximate surface area is 115 Å². The number of sulfonamides is 1. The van der Waals surface area contributed by atoms with Gasteiger partial charge in [-0.15, -0.1) is 0 Å². The zero-order valence-electron chi connectivity index (χ0n) is 11.7. The monoisotopic (exact) mass is 285 g/mol. The number of hydrogen-bond donors (Lipinski definition) is 1. The highest BCUT2D eigenvalue weighted by Gasteiger charge is 2.26. The highest BCUT2D eigenvalue weighted by Crippen LogP contribution is 2.28. The van der Waals surface area contributed by atoms with Crippen LogP contribution in [0.5, 0.6) is 0 Å². The summed E-state index contributed by atoms with van der Waals surface area (Å²) in [7, 11) is -3.68. The summed E-state index contributed by atoms with van der Waals surface area (Å²) in [5.41, 5.74) is 1.38. The Morgan fingerprint density at radius 3 is 2.37 bits per heavy atom. The van der Waals surface area contributed by atoms with Gasteiger partial charge in [-0.25, -0.2) is 13.6 Å². The smallest absolute Gasteiger partial charge is 0.241 e. The number of nitrogens with two attached hydrogens (primary N) is 1. The van der Waals surface area contributed by atoms with Gasteiger partial charge in [0.2, 0.25) is 10.0 Å². The molecule has 2 rings (SSSR count). The first-order chi connectivity index (χ1) is 8.97. The van der Waals surface area contributed by atoms with E-state index in [1.54, 1.807) is 0 Å². The van der Waals surface area contributed by atoms with Crippen LogP contribution >= 0.6 is 0 Å². The number of aryl methyl sites for hydroxylation is 1. The molecule has 6 heteroatoms. The van der Waals surface area contributed by atoms with Crippen LogP contribution in [0.15, 0.2) is 4.90 Å². The van der Waals surface area contributed by atoms with Gasteiger partial charge in [0, 0.05) is 6.54 Å². The molecular formula is C13H23N3O2S. The molecule has 0 aliphatic heterocycles. The van der Waals surface area contributed by atoms with Crippen molar-refractivity contribution in [2.45, 2.75) is 63.8 Å². The molecule has 0 unspecified atom stereocenters. The van der Waals surface area contributed by atoms with Crippen LogP contribution in [-0.4, -0.2) is 18.2 Å². The molecule has 0 radical (unpaired) electrons. The minimum Gasteiger partial charge on any atom is -0.268 e. The Hall–Kier alpha value is -0.880. The molecule has 1 saturated carbocycles. The average molecular weight is 285 g/mol. The van der Waals surface area contributed by atoms with E-state index in [0.717, 1.165) is 12.2 Å². The third-order valence-electron chi connectivity index (χ3n) is 3.94. The molecule has 0 atom stereocenters. The van der Waals surface area contributed by atoms with Crippen molar-refractivity contribution in [1.82, 2.24) is 9.78 Å². The van der Waals surface area contributed by atoms with Crippen molar-refractivity contribution < 1.29 is 8.42 Å². The largest absolute Gasteiger partial charge is 0.268 e. The Bertz CT molecular complexity index is 542. The molecule has 19 heavy (non-hydrogen) atoms. The summed E-state index contributed by atoms with van der Waals surface area (Å²) in [5, 5.41) is 9.84. The molecule has 0 saturated heterocycles. The molecule has 1 heterocycles. The number of aromatic nitrogens is 2. The number of nitrogens with zero attached hydrogens (tertiary/aromatic N) is 2. The summed E-state index contributed by atoms with van der Waals surface area (Å²) >= 11 is 0. The van der Waals surface area contributed by atoms with Gasteiger partial charge in [-0.3, -0.25) is 4.68 Å². The molecule has 1 fully saturated rings. The SMILES string of the molecule is CCc1nn(CC2CCCC2)c(CC)c1S(N)(=O)=O. The Morgan fingerprint density at radius 1 is 1.26 bits per heavy atom. The van der Waals surface area contributed by atoms with Crippen molar-refractivity contribution >= 4 is 10.0 Å². The van der Waals surface area contributed by atoms with Gasteiger partial charge in [0.05, 0.1) is 11.4 Å². The molecule has 1 aromatic heterocycles. The summed E-state index contributed by atoms with van der Waals surface area (Å²) in [5.74, 6) is 0.628. The van der Waals surface area contributed by atoms with E-state index in [-0.39, 0.29) is 4.90 Å². The first kappa shape index (κ1) is 14.5. The summed E-state index contributed by atoms with van der Waals surface area (Å²) in [6.07, 6.45) is 6.22. The Balaban J connectivity index is 2.41. The fourth-order valence-electron chi connectivity index (χ4n) is 3.03. The summed E-state index contributed by atoms with van der Waals surface area (Å²) in [6.45, 7) is 4.69. The van der Waals surface area contributed by atoms with Crippen LogP contribution in [0, 0.1) is 5.92 Å². The standard InChI is InChI=1S/C13H23N3O2S/c1-3-11-13(19(14,17)18)12(4-2)16(15-11)9-10-7-5-6-8-10/h10H,3-9H2,1-2H3,(H2,14,17,18). The first-order valence-corrected chi connectivity index (χ1v) is 8.63. The van der Waals surface area contributed by atoms with Crippen LogP contribution in [-0.2, 0) is 29.4 Å². The second kappa shape index (κ2) is 5.63. The maximum atomic E-state index is 11.8. The lowest BCUT2D eigenvalue weighted by Crippen LogP contribution is -2.17. The predicted molar refractivity (Wildman–Crippen MR) is 74.3 cm³/mol. The lowest BCUT2D eigenvalue weighted by molar-refractivity contribution is 0.417. The topological polar surface area (TPSA) is 78.0 Å². The average Bonchev–Trinajstić information content (AvgIpc) is 2.95. The van der Waals surface area contributed by atoms with Gasteiger partial charge < -0.3 is 0 Å². The number of rotatable bonds is 5. The highest BCUT2D eigenvalue weighted by molar-refractivity contribution is 7.89. The molecule has 2 N–H and O–H groups in total. The van der Waals surface area contributed by atoms with E-state index in [1.807, 2.05) is 18.5 Å². The summed E-state index contributed by atoms with van der Waals surface area (Å²) < 4.78 is 25.4. The van der Waals surface area contributed by atoms with E-state index in [2.05, 4.69) is 5.10 Å². The van der Waals surface area contributed by atoms with Crippen LogP contribution in [0.25, 0.3) is 0 Å². The normalized spacial score (nSPS) is 17.2. The second-order valence-electron chi connectivity index (χ2n) is 5.31. The van der Waals surface area contributed by atoms with Crippen molar-refractivity contribution in [3.63, 3.8) is 0 Å². The van der Waals surface area contributed by atoms with Crippen molar-refractivity contribution in [2.24, 2.45) is 11.1 Å². The first-order valence-electron chi connectivity index (χ1n) is 7.08. The van der Waals surface area contributed by atoms with Crippen LogP contribution < -0.4 is 5.14 Å². The maximum absolute atomic E-state index is 11.8. The minimum atomic E-state index is -3.68. The Morgan fingerprint density at radius 2 is 1.89 bits per heavy atom. The van der Waals surface area contributed by atoms with Crippen LogP contribution in [0.2, 0.25) is 0 Å². The van der Waals surface area contributed by atoms with E-state index in [4.69, 9.17) is 5.14 Å². The van der Waals surface area contributed by atoms with Gasteiger partial charge in [0.25, 0.3) is 0 Å². The van der Waals surface area contributed by atoms with E-state index in [1.165, 1.54) is 25.7 Å². The van der Waals surface area contributed by atoms with E-state index in [9.17, 15) is 8.42 Å². The third-order valence-corrected chi connectivity index (χ3v) is 4.98. The summed E-state index contributed by atoms with van der Waals surface area (Å²) in [6, 6.07) is 0. The highest BCUT2D eigenvalue weighted by atomic mass is 32.2. The third kappa shape index (κ3) is 3.00. The van der Waals surface area contributed by atoms with Crippen molar-refractivity contribution in [3.05, 3.63) is 11.4 Å². The van der Waals surface area contributed by atoms with E-state index >= 15 is 0 Å². The molecule has 1 aliphatic rings. The minimum absolute atomic E-state index is 0.260. The quantitative estimate of drug-likeness (QED) is 0.896. The van der Waals surface area contributed by atoms with Gasteiger partial charge in [-0.1, -0.05) is 26.7 Å².